The van der Waals surface area contributed by atoms with Crippen molar-refractivity contribution in [1.29, 1.82) is 0 Å². The molecule has 1 atom stereocenters. The number of hydrogen-bond donors (Lipinski definition) is 0. The average molecular weight is 231 g/mol. The summed E-state index contributed by atoms with van der Waals surface area (Å²) >= 11 is 0. The summed E-state index contributed by atoms with van der Waals surface area (Å²) in [6.45, 7) is 0.137. The van der Waals surface area contributed by atoms with Gasteiger partial charge < -0.3 is 4.74 Å². The quantitative estimate of drug-likeness (QED) is 0.576. The van der Waals surface area contributed by atoms with E-state index < -0.39 is 12.8 Å². The Morgan fingerprint density at radius 2 is 1.88 bits per heavy atom. The normalized spacial score (nSPS) is 12.0. The number of isocyanates is 1. The van der Waals surface area contributed by atoms with E-state index in [2.05, 4.69) is 9.73 Å². The maximum absolute atomic E-state index is 12.5. The summed E-state index contributed by atoms with van der Waals surface area (Å²) in [5, 5.41) is 0. The van der Waals surface area contributed by atoms with Gasteiger partial charge in [-0.2, -0.15) is 4.39 Å². The van der Waals surface area contributed by atoms with Gasteiger partial charge in [0.1, 0.15) is 5.75 Å². The van der Waals surface area contributed by atoms with Crippen LogP contribution in [-0.2, 0) is 11.3 Å². The maximum Gasteiger partial charge on any atom is 0.304 e. The first-order chi connectivity index (χ1) is 7.63. The largest absolute Gasteiger partial charge is 0.454 e. The van der Waals surface area contributed by atoms with Gasteiger partial charge in [0.05, 0.1) is 6.54 Å². The number of nitrogens with zero attached hydrogens (tertiary/aromatic N) is 1. The zero-order chi connectivity index (χ0) is 12.0. The van der Waals surface area contributed by atoms with E-state index in [4.69, 9.17) is 0 Å². The highest BCUT2D eigenvalue weighted by Gasteiger charge is 2.20. The summed E-state index contributed by atoms with van der Waals surface area (Å²) in [6.07, 6.45) is -4.46. The fourth-order valence-electron chi connectivity index (χ4n) is 0.978. The first kappa shape index (κ1) is 12.3. The molecule has 0 aliphatic rings. The highest BCUT2D eigenvalue weighted by atomic mass is 19.3. The van der Waals surface area contributed by atoms with Gasteiger partial charge in [-0.25, -0.2) is 18.6 Å². The van der Waals surface area contributed by atoms with Crippen LogP contribution in [0.25, 0.3) is 0 Å². The van der Waals surface area contributed by atoms with Gasteiger partial charge in [-0.1, -0.05) is 12.1 Å². The highest BCUT2D eigenvalue weighted by molar-refractivity contribution is 5.34. The molecule has 1 aromatic rings. The SMILES string of the molecule is O=C=NCc1ccc(OC(F)C(F)F)cc1. The lowest BCUT2D eigenvalue weighted by Crippen LogP contribution is -2.19. The van der Waals surface area contributed by atoms with Crippen molar-refractivity contribution in [1.82, 2.24) is 0 Å². The molecule has 0 fully saturated rings. The van der Waals surface area contributed by atoms with Crippen LogP contribution >= 0.6 is 0 Å². The molecule has 0 spiro atoms. The van der Waals surface area contributed by atoms with Gasteiger partial charge in [-0.3, -0.25) is 0 Å². The highest BCUT2D eigenvalue weighted by Crippen LogP contribution is 2.17. The van der Waals surface area contributed by atoms with Gasteiger partial charge >= 0.3 is 6.43 Å². The molecule has 0 aliphatic carbocycles. The first-order valence-electron chi connectivity index (χ1n) is 4.35. The number of halogens is 3. The Morgan fingerprint density at radius 3 is 2.38 bits per heavy atom. The number of carbonyl (C=O) groups excluding carboxylic acids is 1. The minimum absolute atomic E-state index is 0.00775. The van der Waals surface area contributed by atoms with Crippen molar-refractivity contribution >= 4 is 6.08 Å². The molecule has 6 heteroatoms. The van der Waals surface area contributed by atoms with Crippen LogP contribution in [0.2, 0.25) is 0 Å². The Bertz CT molecular complexity index is 374. The third-order valence-corrected chi connectivity index (χ3v) is 1.70. The molecule has 0 heterocycles. The summed E-state index contributed by atoms with van der Waals surface area (Å²) in [5.74, 6) is -0.00775. The lowest BCUT2D eigenvalue weighted by atomic mass is 10.2. The van der Waals surface area contributed by atoms with E-state index in [-0.39, 0.29) is 12.3 Å². The van der Waals surface area contributed by atoms with Gasteiger partial charge in [-0.05, 0) is 17.7 Å². The van der Waals surface area contributed by atoms with E-state index in [0.717, 1.165) is 0 Å². The topological polar surface area (TPSA) is 38.7 Å². The van der Waals surface area contributed by atoms with Crippen LogP contribution in [0.4, 0.5) is 13.2 Å². The molecule has 0 bridgehead atoms. The fraction of sp³-hybridized carbons (Fsp3) is 0.300. The number of aliphatic imine (C=N–C) groups is 1. The number of hydrogen-bond acceptors (Lipinski definition) is 3. The van der Waals surface area contributed by atoms with Crippen LogP contribution in [-0.4, -0.2) is 18.9 Å². The number of rotatable bonds is 5. The molecule has 0 amide bonds. The summed E-state index contributed by atoms with van der Waals surface area (Å²) in [4.78, 5) is 13.1. The number of ether oxygens (including phenoxy) is 1. The minimum atomic E-state index is -3.18. The van der Waals surface area contributed by atoms with E-state index in [9.17, 15) is 18.0 Å². The molecule has 0 aromatic heterocycles. The van der Waals surface area contributed by atoms with Crippen LogP contribution in [0.5, 0.6) is 5.75 Å². The van der Waals surface area contributed by atoms with Gasteiger partial charge in [0.25, 0.3) is 6.36 Å². The monoisotopic (exact) mass is 231 g/mol. The molecule has 1 unspecified atom stereocenters. The van der Waals surface area contributed by atoms with Gasteiger partial charge in [0.15, 0.2) is 0 Å². The van der Waals surface area contributed by atoms with Crippen molar-refractivity contribution in [3.05, 3.63) is 29.8 Å². The Labute approximate surface area is 89.6 Å². The molecule has 0 saturated heterocycles. The summed E-state index contributed by atoms with van der Waals surface area (Å²) in [6, 6.07) is 5.64. The van der Waals surface area contributed by atoms with E-state index in [1.807, 2.05) is 0 Å². The first-order valence-corrected chi connectivity index (χ1v) is 4.35. The summed E-state index contributed by atoms with van der Waals surface area (Å²) < 4.78 is 40.4. The molecule has 0 saturated carbocycles. The van der Waals surface area contributed by atoms with Crippen LogP contribution in [0, 0.1) is 0 Å². The van der Waals surface area contributed by atoms with Crippen molar-refractivity contribution in [2.75, 3.05) is 0 Å². The maximum atomic E-state index is 12.5. The molecule has 3 nitrogen and oxygen atoms in total. The van der Waals surface area contributed by atoms with Crippen LogP contribution < -0.4 is 4.74 Å². The molecule has 1 rings (SSSR count). The van der Waals surface area contributed by atoms with E-state index in [0.29, 0.717) is 5.56 Å². The van der Waals surface area contributed by atoms with Crippen LogP contribution in [0.15, 0.2) is 29.3 Å². The summed E-state index contributed by atoms with van der Waals surface area (Å²) in [7, 11) is 0. The standard InChI is InChI=1S/C10H8F3NO2/c11-9(12)10(13)16-8-3-1-7(2-4-8)5-14-6-15/h1-4,9-10H,5H2. The van der Waals surface area contributed by atoms with Gasteiger partial charge in [0.2, 0.25) is 6.08 Å². The zero-order valence-electron chi connectivity index (χ0n) is 8.07. The smallest absolute Gasteiger partial charge is 0.304 e. The molecular formula is C10H8F3NO2. The van der Waals surface area contributed by atoms with Crippen molar-refractivity contribution in [2.24, 2.45) is 4.99 Å². The fourth-order valence-corrected chi connectivity index (χ4v) is 0.978. The molecule has 0 N–H and O–H groups in total. The van der Waals surface area contributed by atoms with E-state index in [1.54, 1.807) is 0 Å². The Hall–Kier alpha value is -1.81. The zero-order valence-corrected chi connectivity index (χ0v) is 8.07. The Morgan fingerprint density at radius 1 is 1.25 bits per heavy atom. The second-order valence-electron chi connectivity index (χ2n) is 2.85. The van der Waals surface area contributed by atoms with Crippen molar-refractivity contribution < 1.29 is 22.7 Å². The molecule has 16 heavy (non-hydrogen) atoms. The van der Waals surface area contributed by atoms with Crippen molar-refractivity contribution in [2.45, 2.75) is 19.3 Å². The van der Waals surface area contributed by atoms with Gasteiger partial charge in [-0.15, -0.1) is 0 Å². The van der Waals surface area contributed by atoms with Gasteiger partial charge in [0, 0.05) is 0 Å². The Kier molecular flexibility index (Phi) is 4.54. The molecule has 1 aromatic carbocycles. The molecule has 0 aliphatic heterocycles. The second kappa shape index (κ2) is 5.92. The number of alkyl halides is 3. The molecule has 0 radical (unpaired) electrons. The molecular weight excluding hydrogens is 223 g/mol. The Balaban J connectivity index is 2.60. The lowest BCUT2D eigenvalue weighted by molar-refractivity contribution is -0.0668. The lowest BCUT2D eigenvalue weighted by Gasteiger charge is -2.10. The minimum Gasteiger partial charge on any atom is -0.454 e. The van der Waals surface area contributed by atoms with Crippen molar-refractivity contribution in [3.8, 4) is 5.75 Å². The second-order valence-corrected chi connectivity index (χ2v) is 2.85. The predicted molar refractivity (Wildman–Crippen MR) is 49.8 cm³/mol. The third-order valence-electron chi connectivity index (χ3n) is 1.70. The van der Waals surface area contributed by atoms with Crippen LogP contribution in [0.1, 0.15) is 5.56 Å². The van der Waals surface area contributed by atoms with Crippen LogP contribution in [0.3, 0.4) is 0 Å². The average Bonchev–Trinajstić information content (AvgIpc) is 2.28. The summed E-state index contributed by atoms with van der Waals surface area (Å²) in [5.41, 5.74) is 0.670. The third kappa shape index (κ3) is 3.74. The van der Waals surface area contributed by atoms with Crippen molar-refractivity contribution in [3.63, 3.8) is 0 Å². The predicted octanol–water partition coefficient (Wildman–Crippen LogP) is 2.46. The molecule has 86 valence electrons. The van der Waals surface area contributed by atoms with E-state index >= 15 is 0 Å². The number of benzene rings is 1. The van der Waals surface area contributed by atoms with E-state index in [1.165, 1.54) is 30.3 Å².